The van der Waals surface area contributed by atoms with E-state index < -0.39 is 24.0 Å². The smallest absolute Gasteiger partial charge is 0.407 e. The highest BCUT2D eigenvalue weighted by atomic mass is 32.1. The van der Waals surface area contributed by atoms with Gasteiger partial charge >= 0.3 is 12.1 Å². The van der Waals surface area contributed by atoms with Crippen LogP contribution < -0.4 is 10.2 Å². The predicted octanol–water partition coefficient (Wildman–Crippen LogP) is 3.96. The molecule has 1 unspecified atom stereocenters. The van der Waals surface area contributed by atoms with E-state index in [4.69, 9.17) is 21.7 Å². The standard InChI is InChI=1S/C27H28N4O6S/c1-2-37-25(33)23-21(12-13-28-23)31(26(38)29-24(32)18-8-4-3-5-9-18)16-19-10-6-7-11-20(19)22-17-36-15-14-30(22)27(34)35/h3-13,22,28H,2,14-17H2,1H3,(H,34,35)(H,29,32,38). The summed E-state index contributed by atoms with van der Waals surface area (Å²) < 4.78 is 10.8. The van der Waals surface area contributed by atoms with Gasteiger partial charge in [0.15, 0.2) is 5.11 Å². The number of amides is 2. The van der Waals surface area contributed by atoms with Crippen molar-refractivity contribution in [2.24, 2.45) is 0 Å². The molecule has 1 aliphatic rings. The molecule has 3 N–H and O–H groups in total. The number of carbonyl (C=O) groups is 3. The number of H-pyrrole nitrogens is 1. The fourth-order valence-electron chi connectivity index (χ4n) is 4.31. The molecule has 1 saturated heterocycles. The van der Waals surface area contributed by atoms with Gasteiger partial charge in [-0.15, -0.1) is 0 Å². The SMILES string of the molecule is CCOC(=O)c1[nH]ccc1N(Cc1ccccc1C1COCCN1C(=O)O)C(=S)NC(=O)c1ccccc1. The third-order valence-electron chi connectivity index (χ3n) is 6.11. The number of nitrogens with zero attached hydrogens (tertiary/aromatic N) is 2. The summed E-state index contributed by atoms with van der Waals surface area (Å²) in [6.45, 7) is 2.80. The van der Waals surface area contributed by atoms with Crippen molar-refractivity contribution in [2.45, 2.75) is 19.5 Å². The number of carboxylic acid groups (broad SMARTS) is 1. The van der Waals surface area contributed by atoms with Gasteiger partial charge in [0.1, 0.15) is 5.69 Å². The molecule has 4 rings (SSSR count). The molecule has 0 bridgehead atoms. The van der Waals surface area contributed by atoms with Crippen LogP contribution in [0, 0.1) is 0 Å². The van der Waals surface area contributed by atoms with Crippen LogP contribution in [0.4, 0.5) is 10.5 Å². The molecule has 0 aliphatic carbocycles. The fraction of sp³-hybridized carbons (Fsp3) is 0.259. The molecule has 2 amide bonds. The normalized spacial score (nSPS) is 15.0. The van der Waals surface area contributed by atoms with E-state index in [1.165, 1.54) is 4.90 Å². The number of rotatable bonds is 7. The van der Waals surface area contributed by atoms with E-state index in [1.807, 2.05) is 24.3 Å². The Morgan fingerprint density at radius 3 is 2.63 bits per heavy atom. The number of morpholine rings is 1. The van der Waals surface area contributed by atoms with Crippen molar-refractivity contribution in [3.63, 3.8) is 0 Å². The number of esters is 1. The summed E-state index contributed by atoms with van der Waals surface area (Å²) in [5.74, 6) is -0.972. The van der Waals surface area contributed by atoms with Crippen molar-refractivity contribution in [3.05, 3.63) is 89.2 Å². The van der Waals surface area contributed by atoms with E-state index in [1.54, 1.807) is 54.4 Å². The number of hydrogen-bond acceptors (Lipinski definition) is 6. The lowest BCUT2D eigenvalue weighted by molar-refractivity contribution is -0.00116. The van der Waals surface area contributed by atoms with Crippen LogP contribution >= 0.6 is 12.2 Å². The Bertz CT molecular complexity index is 1310. The number of aromatic amines is 1. The zero-order valence-corrected chi connectivity index (χ0v) is 21.6. The first kappa shape index (κ1) is 26.8. The Labute approximate surface area is 225 Å². The molecule has 198 valence electrons. The lowest BCUT2D eigenvalue weighted by Gasteiger charge is -2.35. The average molecular weight is 537 g/mol. The Morgan fingerprint density at radius 1 is 1.16 bits per heavy atom. The molecule has 1 fully saturated rings. The van der Waals surface area contributed by atoms with Gasteiger partial charge in [0.2, 0.25) is 0 Å². The first-order valence-corrected chi connectivity index (χ1v) is 12.5. The molecule has 3 aromatic rings. The van der Waals surface area contributed by atoms with Crippen LogP contribution in [0.15, 0.2) is 66.9 Å². The van der Waals surface area contributed by atoms with Crippen LogP contribution in [-0.4, -0.2) is 64.4 Å². The van der Waals surface area contributed by atoms with Crippen LogP contribution in [0.1, 0.15) is 44.9 Å². The maximum absolute atomic E-state index is 12.9. The van der Waals surface area contributed by atoms with E-state index in [0.717, 1.165) is 11.1 Å². The topological polar surface area (TPSA) is 124 Å². The largest absolute Gasteiger partial charge is 0.465 e. The molecule has 2 heterocycles. The van der Waals surface area contributed by atoms with Gasteiger partial charge in [-0.05, 0) is 48.5 Å². The van der Waals surface area contributed by atoms with Crippen molar-refractivity contribution in [1.29, 1.82) is 0 Å². The van der Waals surface area contributed by atoms with Gasteiger partial charge in [-0.25, -0.2) is 9.59 Å². The van der Waals surface area contributed by atoms with Gasteiger partial charge in [0.05, 0.1) is 38.1 Å². The quantitative estimate of drug-likeness (QED) is 0.306. The van der Waals surface area contributed by atoms with E-state index in [9.17, 15) is 19.5 Å². The summed E-state index contributed by atoms with van der Waals surface area (Å²) in [4.78, 5) is 43.4. The minimum atomic E-state index is -1.04. The van der Waals surface area contributed by atoms with Crippen molar-refractivity contribution < 1.29 is 29.0 Å². The molecule has 10 nitrogen and oxygen atoms in total. The Morgan fingerprint density at radius 2 is 1.89 bits per heavy atom. The second kappa shape index (κ2) is 12.3. The van der Waals surface area contributed by atoms with Crippen molar-refractivity contribution in [2.75, 3.05) is 31.3 Å². The number of hydrogen-bond donors (Lipinski definition) is 3. The highest BCUT2D eigenvalue weighted by molar-refractivity contribution is 7.80. The second-order valence-corrected chi connectivity index (χ2v) is 8.82. The summed E-state index contributed by atoms with van der Waals surface area (Å²) in [6.07, 6.45) is 0.550. The highest BCUT2D eigenvalue weighted by Gasteiger charge is 2.31. The summed E-state index contributed by atoms with van der Waals surface area (Å²) in [5.41, 5.74) is 2.50. The summed E-state index contributed by atoms with van der Waals surface area (Å²) in [7, 11) is 0. The molecule has 1 aromatic heterocycles. The third kappa shape index (κ3) is 6.01. The third-order valence-corrected chi connectivity index (χ3v) is 6.44. The number of thiocarbonyl (C=S) groups is 1. The molecule has 38 heavy (non-hydrogen) atoms. The fourth-order valence-corrected chi connectivity index (χ4v) is 4.57. The van der Waals surface area contributed by atoms with Crippen LogP contribution in [0.3, 0.4) is 0 Å². The van der Waals surface area contributed by atoms with E-state index in [2.05, 4.69) is 10.3 Å². The van der Waals surface area contributed by atoms with Gasteiger partial charge < -0.3 is 24.5 Å². The Kier molecular flexibility index (Phi) is 8.72. The van der Waals surface area contributed by atoms with Gasteiger partial charge in [-0.2, -0.15) is 0 Å². The lowest BCUT2D eigenvalue weighted by atomic mass is 9.98. The molecule has 0 radical (unpaired) electrons. The van der Waals surface area contributed by atoms with E-state index in [0.29, 0.717) is 17.9 Å². The summed E-state index contributed by atoms with van der Waals surface area (Å²) in [6, 6.07) is 17.1. The Balaban J connectivity index is 1.71. The predicted molar refractivity (Wildman–Crippen MR) is 144 cm³/mol. The number of benzene rings is 2. The molecule has 1 aliphatic heterocycles. The monoisotopic (exact) mass is 536 g/mol. The first-order chi connectivity index (χ1) is 18.4. The summed E-state index contributed by atoms with van der Waals surface area (Å²) in [5, 5.41) is 12.6. The number of nitrogens with one attached hydrogen (secondary N) is 2. The maximum atomic E-state index is 12.9. The van der Waals surface area contributed by atoms with E-state index in [-0.39, 0.29) is 37.1 Å². The first-order valence-electron chi connectivity index (χ1n) is 12.1. The highest BCUT2D eigenvalue weighted by Crippen LogP contribution is 2.30. The van der Waals surface area contributed by atoms with Gasteiger partial charge in [-0.3, -0.25) is 15.0 Å². The van der Waals surface area contributed by atoms with E-state index >= 15 is 0 Å². The molecule has 1 atom stereocenters. The minimum Gasteiger partial charge on any atom is -0.465 e. The molecule has 2 aromatic carbocycles. The number of ether oxygens (including phenoxy) is 2. The maximum Gasteiger partial charge on any atom is 0.407 e. The molecular weight excluding hydrogens is 508 g/mol. The molecular formula is C27H28N4O6S. The molecule has 11 heteroatoms. The number of aromatic nitrogens is 1. The van der Waals surface area contributed by atoms with Crippen molar-refractivity contribution >= 4 is 41.0 Å². The zero-order valence-electron chi connectivity index (χ0n) is 20.8. The zero-order chi connectivity index (χ0) is 27.1. The molecule has 0 saturated carbocycles. The van der Waals surface area contributed by atoms with Gasteiger partial charge in [-0.1, -0.05) is 42.5 Å². The van der Waals surface area contributed by atoms with Crippen molar-refractivity contribution in [3.8, 4) is 0 Å². The molecule has 0 spiro atoms. The average Bonchev–Trinajstić information content (AvgIpc) is 3.42. The lowest BCUT2D eigenvalue weighted by Crippen LogP contribution is -2.44. The van der Waals surface area contributed by atoms with Crippen LogP contribution in [-0.2, 0) is 16.0 Å². The number of anilines is 1. The second-order valence-electron chi connectivity index (χ2n) is 8.44. The van der Waals surface area contributed by atoms with Gasteiger partial charge in [0, 0.05) is 18.3 Å². The Hall–Kier alpha value is -4.22. The van der Waals surface area contributed by atoms with Crippen molar-refractivity contribution in [1.82, 2.24) is 15.2 Å². The minimum absolute atomic E-state index is 0.0637. The van der Waals surface area contributed by atoms with Crippen LogP contribution in [0.5, 0.6) is 0 Å². The number of carbonyl (C=O) groups excluding carboxylic acids is 2. The van der Waals surface area contributed by atoms with Crippen LogP contribution in [0.25, 0.3) is 0 Å². The summed E-state index contributed by atoms with van der Waals surface area (Å²) >= 11 is 5.67. The van der Waals surface area contributed by atoms with Crippen LogP contribution in [0.2, 0.25) is 0 Å². The van der Waals surface area contributed by atoms with Gasteiger partial charge in [0.25, 0.3) is 5.91 Å².